The van der Waals surface area contributed by atoms with Crippen molar-refractivity contribution >= 4 is 17.9 Å². The van der Waals surface area contributed by atoms with Crippen LogP contribution in [0.5, 0.6) is 0 Å². The predicted molar refractivity (Wildman–Crippen MR) is 66.6 cm³/mol. The molecule has 0 atom stereocenters. The van der Waals surface area contributed by atoms with Crippen LogP contribution in [0.15, 0.2) is 10.7 Å². The van der Waals surface area contributed by atoms with E-state index in [2.05, 4.69) is 4.98 Å². The van der Waals surface area contributed by atoms with Crippen LogP contribution in [0, 0.1) is 5.92 Å². The van der Waals surface area contributed by atoms with Gasteiger partial charge >= 0.3 is 5.97 Å². The second kappa shape index (κ2) is 5.73. The van der Waals surface area contributed by atoms with Crippen molar-refractivity contribution in [1.29, 1.82) is 0 Å². The third-order valence-corrected chi connectivity index (χ3v) is 3.14. The Morgan fingerprint density at radius 2 is 2.21 bits per heavy atom. The van der Waals surface area contributed by atoms with Crippen molar-refractivity contribution in [1.82, 2.24) is 4.98 Å². The maximum absolute atomic E-state index is 11.5. The van der Waals surface area contributed by atoms with E-state index in [1.807, 2.05) is 4.90 Å². The van der Waals surface area contributed by atoms with E-state index in [9.17, 15) is 9.59 Å². The van der Waals surface area contributed by atoms with E-state index in [4.69, 9.17) is 14.9 Å². The number of esters is 1. The lowest BCUT2D eigenvalue weighted by Gasteiger charge is -2.29. The van der Waals surface area contributed by atoms with E-state index in [1.54, 1.807) is 6.92 Å². The molecule has 2 N–H and O–H groups in total. The molecule has 1 saturated heterocycles. The van der Waals surface area contributed by atoms with Crippen LogP contribution < -0.4 is 10.6 Å². The summed E-state index contributed by atoms with van der Waals surface area (Å²) < 4.78 is 10.1. The Morgan fingerprint density at radius 3 is 2.79 bits per heavy atom. The van der Waals surface area contributed by atoms with E-state index in [0.29, 0.717) is 38.6 Å². The van der Waals surface area contributed by atoms with Crippen LogP contribution in [-0.4, -0.2) is 36.6 Å². The van der Waals surface area contributed by atoms with Crippen molar-refractivity contribution in [2.75, 3.05) is 24.6 Å². The second-order valence-corrected chi connectivity index (χ2v) is 4.40. The van der Waals surface area contributed by atoms with E-state index in [0.717, 1.165) is 0 Å². The van der Waals surface area contributed by atoms with E-state index in [-0.39, 0.29) is 17.5 Å². The molecule has 0 saturated carbocycles. The SMILES string of the molecule is CCOC(=O)c1coc(N2CCC(C(N)=O)CC2)n1. The Balaban J connectivity index is 1.97. The number of carbonyl (C=O) groups is 2. The fourth-order valence-electron chi connectivity index (χ4n) is 2.06. The lowest BCUT2D eigenvalue weighted by molar-refractivity contribution is -0.122. The number of ether oxygens (including phenoxy) is 1. The molecule has 2 rings (SSSR count). The molecule has 1 aromatic rings. The number of primary amides is 1. The lowest BCUT2D eigenvalue weighted by atomic mass is 9.97. The number of oxazole rings is 1. The molecule has 0 bridgehead atoms. The summed E-state index contributed by atoms with van der Waals surface area (Å²) in [6.07, 6.45) is 2.63. The minimum atomic E-state index is -0.496. The molecule has 0 radical (unpaired) electrons. The molecule has 104 valence electrons. The molecule has 0 aliphatic carbocycles. The number of nitrogens with zero attached hydrogens (tertiary/aromatic N) is 2. The standard InChI is InChI=1S/C12H17N3O4/c1-2-18-11(17)9-7-19-12(14-9)15-5-3-8(4-6-15)10(13)16/h7-8H,2-6H2,1H3,(H2,13,16). The summed E-state index contributed by atoms with van der Waals surface area (Å²) in [4.78, 5) is 28.5. The fourth-order valence-corrected chi connectivity index (χ4v) is 2.06. The third kappa shape index (κ3) is 3.04. The number of nitrogens with two attached hydrogens (primary N) is 1. The molecule has 1 aliphatic rings. The van der Waals surface area contributed by atoms with Gasteiger partial charge < -0.3 is 19.8 Å². The highest BCUT2D eigenvalue weighted by Gasteiger charge is 2.26. The second-order valence-electron chi connectivity index (χ2n) is 4.40. The highest BCUT2D eigenvalue weighted by atomic mass is 16.5. The number of carbonyl (C=O) groups excluding carboxylic acids is 2. The highest BCUT2D eigenvalue weighted by Crippen LogP contribution is 2.22. The molecule has 0 aromatic carbocycles. The van der Waals surface area contributed by atoms with Crippen molar-refractivity contribution in [2.45, 2.75) is 19.8 Å². The number of hydrogen-bond acceptors (Lipinski definition) is 6. The topological polar surface area (TPSA) is 98.7 Å². The summed E-state index contributed by atoms with van der Waals surface area (Å²) in [5.74, 6) is -0.848. The largest absolute Gasteiger partial charge is 0.461 e. The predicted octanol–water partition coefficient (Wildman–Crippen LogP) is 0.553. The van der Waals surface area contributed by atoms with Crippen molar-refractivity contribution in [3.63, 3.8) is 0 Å². The van der Waals surface area contributed by atoms with Crippen molar-refractivity contribution in [2.24, 2.45) is 11.7 Å². The normalized spacial score (nSPS) is 16.4. The van der Waals surface area contributed by atoms with Gasteiger partial charge in [0.15, 0.2) is 5.69 Å². The van der Waals surface area contributed by atoms with Crippen molar-refractivity contribution < 1.29 is 18.7 Å². The zero-order chi connectivity index (χ0) is 13.8. The molecule has 7 nitrogen and oxygen atoms in total. The molecule has 7 heteroatoms. The van der Waals surface area contributed by atoms with Gasteiger partial charge in [0.1, 0.15) is 6.26 Å². The van der Waals surface area contributed by atoms with Gasteiger partial charge in [-0.15, -0.1) is 0 Å². The number of rotatable bonds is 4. The van der Waals surface area contributed by atoms with Crippen LogP contribution in [0.2, 0.25) is 0 Å². The summed E-state index contributed by atoms with van der Waals surface area (Å²) in [7, 11) is 0. The molecule has 0 spiro atoms. The monoisotopic (exact) mass is 267 g/mol. The number of aromatic nitrogens is 1. The highest BCUT2D eigenvalue weighted by molar-refractivity contribution is 5.87. The van der Waals surface area contributed by atoms with Crippen molar-refractivity contribution in [3.05, 3.63) is 12.0 Å². The van der Waals surface area contributed by atoms with E-state index >= 15 is 0 Å². The van der Waals surface area contributed by atoms with Gasteiger partial charge in [-0.1, -0.05) is 0 Å². The van der Waals surface area contributed by atoms with Gasteiger partial charge in [-0.2, -0.15) is 4.98 Å². The molecule has 1 aromatic heterocycles. The Labute approximate surface area is 110 Å². The number of hydrogen-bond donors (Lipinski definition) is 1. The number of anilines is 1. The Bertz CT molecular complexity index is 463. The summed E-state index contributed by atoms with van der Waals surface area (Å²) in [5.41, 5.74) is 5.43. The fraction of sp³-hybridized carbons (Fsp3) is 0.583. The van der Waals surface area contributed by atoms with Gasteiger partial charge in [0.25, 0.3) is 6.01 Å². The van der Waals surface area contributed by atoms with Gasteiger partial charge in [-0.3, -0.25) is 4.79 Å². The average molecular weight is 267 g/mol. The van der Waals surface area contributed by atoms with Crippen LogP contribution in [0.1, 0.15) is 30.3 Å². The van der Waals surface area contributed by atoms with Crippen LogP contribution in [0.4, 0.5) is 6.01 Å². The molecular weight excluding hydrogens is 250 g/mol. The van der Waals surface area contributed by atoms with Crippen molar-refractivity contribution in [3.8, 4) is 0 Å². The molecule has 0 unspecified atom stereocenters. The van der Waals surface area contributed by atoms with E-state index < -0.39 is 5.97 Å². The molecular formula is C12H17N3O4. The smallest absolute Gasteiger partial charge is 0.360 e. The number of amides is 1. The molecule has 1 aliphatic heterocycles. The molecule has 1 amide bonds. The number of piperidine rings is 1. The van der Waals surface area contributed by atoms with Gasteiger partial charge in [0.05, 0.1) is 6.61 Å². The Morgan fingerprint density at radius 1 is 1.53 bits per heavy atom. The van der Waals surface area contributed by atoms with Gasteiger partial charge in [-0.05, 0) is 19.8 Å². The summed E-state index contributed by atoms with van der Waals surface area (Å²) in [6.45, 7) is 3.30. The zero-order valence-electron chi connectivity index (χ0n) is 10.8. The summed E-state index contributed by atoms with van der Waals surface area (Å²) in [6, 6.07) is 0.381. The third-order valence-electron chi connectivity index (χ3n) is 3.14. The first kappa shape index (κ1) is 13.4. The van der Waals surface area contributed by atoms with Crippen LogP contribution in [-0.2, 0) is 9.53 Å². The van der Waals surface area contributed by atoms with Gasteiger partial charge in [-0.25, -0.2) is 4.79 Å². The minimum absolute atomic E-state index is 0.0873. The molecule has 1 fully saturated rings. The molecule has 2 heterocycles. The Hall–Kier alpha value is -2.05. The first-order chi connectivity index (χ1) is 9.11. The average Bonchev–Trinajstić information content (AvgIpc) is 2.89. The van der Waals surface area contributed by atoms with E-state index in [1.165, 1.54) is 6.26 Å². The first-order valence-electron chi connectivity index (χ1n) is 6.28. The first-order valence-corrected chi connectivity index (χ1v) is 6.28. The maximum atomic E-state index is 11.5. The Kier molecular flexibility index (Phi) is 4.03. The lowest BCUT2D eigenvalue weighted by Crippen LogP contribution is -2.38. The van der Waals surface area contributed by atoms with Crippen LogP contribution in [0.25, 0.3) is 0 Å². The van der Waals surface area contributed by atoms with Crippen LogP contribution in [0.3, 0.4) is 0 Å². The van der Waals surface area contributed by atoms with Gasteiger partial charge in [0.2, 0.25) is 5.91 Å². The van der Waals surface area contributed by atoms with Crippen LogP contribution >= 0.6 is 0 Å². The summed E-state index contributed by atoms with van der Waals surface area (Å²) in [5, 5.41) is 0. The molecule has 19 heavy (non-hydrogen) atoms. The minimum Gasteiger partial charge on any atom is -0.461 e. The maximum Gasteiger partial charge on any atom is 0.360 e. The quantitative estimate of drug-likeness (QED) is 0.800. The summed E-state index contributed by atoms with van der Waals surface area (Å²) >= 11 is 0. The zero-order valence-corrected chi connectivity index (χ0v) is 10.8. The van der Waals surface area contributed by atoms with Gasteiger partial charge in [0, 0.05) is 19.0 Å².